The van der Waals surface area contributed by atoms with Crippen LogP contribution >= 0.6 is 34.5 Å². The Hall–Kier alpha value is -2.09. The summed E-state index contributed by atoms with van der Waals surface area (Å²) in [6, 6.07) is 8.46. The van der Waals surface area contributed by atoms with E-state index in [2.05, 4.69) is 10.6 Å². The Morgan fingerprint density at radius 2 is 1.88 bits per heavy atom. The fraction of sp³-hybridized carbons (Fsp3) is 0.235. The summed E-state index contributed by atoms with van der Waals surface area (Å²) in [6.07, 6.45) is 0. The fourth-order valence-electron chi connectivity index (χ4n) is 2.02. The third-order valence-corrected chi connectivity index (χ3v) is 4.90. The number of amides is 3. The van der Waals surface area contributed by atoms with Crippen molar-refractivity contribution in [3.05, 3.63) is 56.2 Å². The molecule has 0 atom stereocenters. The molecule has 1 aromatic carbocycles. The van der Waals surface area contributed by atoms with Crippen LogP contribution in [0.1, 0.15) is 15.2 Å². The van der Waals surface area contributed by atoms with Gasteiger partial charge in [0.25, 0.3) is 5.91 Å². The van der Waals surface area contributed by atoms with Crippen LogP contribution in [0, 0.1) is 0 Å². The van der Waals surface area contributed by atoms with E-state index in [9.17, 15) is 14.4 Å². The molecule has 0 radical (unpaired) electrons. The molecular formula is C17H17Cl2N3O3S. The van der Waals surface area contributed by atoms with Gasteiger partial charge in [-0.25, -0.2) is 0 Å². The van der Waals surface area contributed by atoms with Crippen LogP contribution in [0.3, 0.4) is 0 Å². The zero-order chi connectivity index (χ0) is 19.1. The van der Waals surface area contributed by atoms with Gasteiger partial charge in [-0.2, -0.15) is 0 Å². The number of carbonyl (C=O) groups is 3. The lowest BCUT2D eigenvalue weighted by molar-refractivity contribution is -0.132. The van der Waals surface area contributed by atoms with E-state index in [1.165, 1.54) is 16.2 Å². The van der Waals surface area contributed by atoms with Crippen LogP contribution < -0.4 is 10.6 Å². The summed E-state index contributed by atoms with van der Waals surface area (Å²) in [5.41, 5.74) is 0.751. The quantitative estimate of drug-likeness (QED) is 0.731. The van der Waals surface area contributed by atoms with Gasteiger partial charge in [0.2, 0.25) is 11.8 Å². The Kier molecular flexibility index (Phi) is 7.44. The van der Waals surface area contributed by atoms with E-state index < -0.39 is 5.91 Å². The zero-order valence-corrected chi connectivity index (χ0v) is 16.2. The Morgan fingerprint density at radius 3 is 2.54 bits per heavy atom. The minimum Gasteiger partial charge on any atom is -0.345 e. The molecule has 6 nitrogen and oxygen atoms in total. The second-order valence-corrected chi connectivity index (χ2v) is 7.21. The van der Waals surface area contributed by atoms with Gasteiger partial charge >= 0.3 is 0 Å². The van der Waals surface area contributed by atoms with Crippen LogP contribution in [0.2, 0.25) is 10.0 Å². The predicted molar refractivity (Wildman–Crippen MR) is 103 cm³/mol. The van der Waals surface area contributed by atoms with Crippen LogP contribution in [-0.4, -0.2) is 42.8 Å². The standard InChI is InChI=1S/C17H17Cl2N3O3S/c1-22(10-11-4-5-12(18)7-13(11)19)16(24)9-20-15(23)8-21-17(25)14-3-2-6-26-14/h2-7H,8-10H2,1H3,(H,20,23)(H,21,25). The molecule has 1 aromatic heterocycles. The summed E-state index contributed by atoms with van der Waals surface area (Å²) in [5, 5.41) is 7.74. The number of likely N-dealkylation sites (N-methyl/N-ethyl adjacent to an activating group) is 1. The number of nitrogens with one attached hydrogen (secondary N) is 2. The van der Waals surface area contributed by atoms with Crippen molar-refractivity contribution in [1.82, 2.24) is 15.5 Å². The van der Waals surface area contributed by atoms with Crippen molar-refractivity contribution in [3.63, 3.8) is 0 Å². The molecule has 0 aliphatic heterocycles. The van der Waals surface area contributed by atoms with E-state index in [0.29, 0.717) is 21.5 Å². The van der Waals surface area contributed by atoms with Crippen LogP contribution in [0.15, 0.2) is 35.7 Å². The molecule has 2 N–H and O–H groups in total. The van der Waals surface area contributed by atoms with Gasteiger partial charge < -0.3 is 15.5 Å². The van der Waals surface area contributed by atoms with Crippen molar-refractivity contribution in [2.75, 3.05) is 20.1 Å². The molecule has 26 heavy (non-hydrogen) atoms. The molecule has 0 aliphatic carbocycles. The van der Waals surface area contributed by atoms with Gasteiger partial charge in [-0.3, -0.25) is 14.4 Å². The maximum absolute atomic E-state index is 12.1. The third kappa shape index (κ3) is 6.01. The van der Waals surface area contributed by atoms with Gasteiger partial charge in [-0.05, 0) is 29.1 Å². The molecule has 0 bridgehead atoms. The molecule has 0 fully saturated rings. The number of halogens is 2. The van der Waals surface area contributed by atoms with E-state index in [1.54, 1.807) is 42.8 Å². The number of hydrogen-bond donors (Lipinski definition) is 2. The third-order valence-electron chi connectivity index (χ3n) is 3.44. The van der Waals surface area contributed by atoms with Gasteiger partial charge in [0, 0.05) is 23.6 Å². The SMILES string of the molecule is CN(Cc1ccc(Cl)cc1Cl)C(=O)CNC(=O)CNC(=O)c1cccs1. The second-order valence-electron chi connectivity index (χ2n) is 5.42. The lowest BCUT2D eigenvalue weighted by atomic mass is 10.2. The van der Waals surface area contributed by atoms with E-state index >= 15 is 0 Å². The number of hydrogen-bond acceptors (Lipinski definition) is 4. The van der Waals surface area contributed by atoms with Crippen LogP contribution in [0.4, 0.5) is 0 Å². The molecule has 2 rings (SSSR count). The lowest BCUT2D eigenvalue weighted by Crippen LogP contribution is -2.42. The molecule has 138 valence electrons. The highest BCUT2D eigenvalue weighted by Crippen LogP contribution is 2.21. The highest BCUT2D eigenvalue weighted by atomic mass is 35.5. The van der Waals surface area contributed by atoms with Crippen molar-refractivity contribution in [3.8, 4) is 0 Å². The molecule has 0 saturated carbocycles. The molecular weight excluding hydrogens is 397 g/mol. The first-order valence-corrected chi connectivity index (χ1v) is 9.26. The topological polar surface area (TPSA) is 78.5 Å². The van der Waals surface area contributed by atoms with E-state index in [-0.39, 0.29) is 24.9 Å². The second kappa shape index (κ2) is 9.56. The van der Waals surface area contributed by atoms with Gasteiger partial charge in [0.15, 0.2) is 0 Å². The van der Waals surface area contributed by atoms with Crippen LogP contribution in [0.25, 0.3) is 0 Å². The minimum absolute atomic E-state index is 0.171. The largest absolute Gasteiger partial charge is 0.345 e. The first-order valence-electron chi connectivity index (χ1n) is 7.63. The molecule has 9 heteroatoms. The summed E-state index contributed by atoms with van der Waals surface area (Å²) in [7, 11) is 1.61. The zero-order valence-electron chi connectivity index (χ0n) is 13.9. The summed E-state index contributed by atoms with van der Waals surface area (Å²) in [5.74, 6) is -1.05. The highest BCUT2D eigenvalue weighted by molar-refractivity contribution is 7.12. The number of nitrogens with zero attached hydrogens (tertiary/aromatic N) is 1. The smallest absolute Gasteiger partial charge is 0.261 e. The van der Waals surface area contributed by atoms with E-state index in [4.69, 9.17) is 23.2 Å². The molecule has 0 spiro atoms. The first kappa shape index (κ1) is 20.2. The average Bonchev–Trinajstić information content (AvgIpc) is 3.14. The molecule has 3 amide bonds. The number of thiophene rings is 1. The molecule has 0 aliphatic rings. The summed E-state index contributed by atoms with van der Waals surface area (Å²) in [4.78, 5) is 37.6. The van der Waals surface area contributed by atoms with Crippen molar-refractivity contribution >= 4 is 52.3 Å². The normalized spacial score (nSPS) is 10.3. The fourth-order valence-corrected chi connectivity index (χ4v) is 3.13. The molecule has 2 aromatic rings. The van der Waals surface area contributed by atoms with Gasteiger partial charge in [-0.1, -0.05) is 35.3 Å². The summed E-state index contributed by atoms with van der Waals surface area (Å²) < 4.78 is 0. The number of rotatable bonds is 7. The average molecular weight is 414 g/mol. The Bertz CT molecular complexity index is 797. The number of carbonyl (C=O) groups excluding carboxylic acids is 3. The van der Waals surface area contributed by atoms with Crippen molar-refractivity contribution in [2.45, 2.75) is 6.54 Å². The van der Waals surface area contributed by atoms with Gasteiger partial charge in [0.1, 0.15) is 0 Å². The lowest BCUT2D eigenvalue weighted by Gasteiger charge is -2.18. The van der Waals surface area contributed by atoms with Gasteiger partial charge in [0.05, 0.1) is 18.0 Å². The Morgan fingerprint density at radius 1 is 1.12 bits per heavy atom. The minimum atomic E-state index is -0.443. The molecule has 1 heterocycles. The van der Waals surface area contributed by atoms with Crippen molar-refractivity contribution in [2.24, 2.45) is 0 Å². The van der Waals surface area contributed by atoms with E-state index in [1.807, 2.05) is 0 Å². The maximum atomic E-state index is 12.1. The molecule has 0 saturated heterocycles. The summed E-state index contributed by atoms with van der Waals surface area (Å²) in [6.45, 7) is -0.0774. The van der Waals surface area contributed by atoms with Crippen molar-refractivity contribution in [1.29, 1.82) is 0 Å². The van der Waals surface area contributed by atoms with Crippen molar-refractivity contribution < 1.29 is 14.4 Å². The van der Waals surface area contributed by atoms with Crippen LogP contribution in [0.5, 0.6) is 0 Å². The van der Waals surface area contributed by atoms with Crippen LogP contribution in [-0.2, 0) is 16.1 Å². The maximum Gasteiger partial charge on any atom is 0.261 e. The first-order chi connectivity index (χ1) is 12.4. The predicted octanol–water partition coefficient (Wildman–Crippen LogP) is 2.56. The summed E-state index contributed by atoms with van der Waals surface area (Å²) >= 11 is 13.2. The molecule has 0 unspecified atom stereocenters. The van der Waals surface area contributed by atoms with E-state index in [0.717, 1.165) is 5.56 Å². The Labute approximate surface area is 165 Å². The Balaban J connectivity index is 1.74. The number of benzene rings is 1. The monoisotopic (exact) mass is 413 g/mol. The van der Waals surface area contributed by atoms with Gasteiger partial charge in [-0.15, -0.1) is 11.3 Å². The highest BCUT2D eigenvalue weighted by Gasteiger charge is 2.14.